The fraction of sp³-hybridized carbons (Fsp3) is 0.143. The molecule has 0 fully saturated rings. The number of terminal acetylenes is 1. The topological polar surface area (TPSA) is 4.93 Å². The zero-order valence-electron chi connectivity index (χ0n) is 12.6. The molecule has 0 saturated carbocycles. The predicted molar refractivity (Wildman–Crippen MR) is 93.0 cm³/mol. The van der Waals surface area contributed by atoms with Gasteiger partial charge in [0.1, 0.15) is 0 Å². The van der Waals surface area contributed by atoms with Crippen LogP contribution < -0.4 is 0 Å². The van der Waals surface area contributed by atoms with Crippen LogP contribution in [-0.4, -0.2) is 4.57 Å². The molecule has 3 aromatic rings. The van der Waals surface area contributed by atoms with Gasteiger partial charge in [0.25, 0.3) is 0 Å². The van der Waals surface area contributed by atoms with E-state index < -0.39 is 0 Å². The highest BCUT2D eigenvalue weighted by Crippen LogP contribution is 2.21. The van der Waals surface area contributed by atoms with Crippen molar-refractivity contribution in [1.29, 1.82) is 0 Å². The number of aromatic nitrogens is 1. The lowest BCUT2D eigenvalue weighted by molar-refractivity contribution is 0.983. The fourth-order valence-electron chi connectivity index (χ4n) is 2.45. The van der Waals surface area contributed by atoms with Gasteiger partial charge in [-0.3, -0.25) is 0 Å². The molecule has 0 saturated heterocycles. The monoisotopic (exact) mass is 283 g/mol. The number of rotatable bonds is 2. The Kier molecular flexibility index (Phi) is 3.99. The van der Waals surface area contributed by atoms with Crippen molar-refractivity contribution < 1.29 is 0 Å². The van der Waals surface area contributed by atoms with Crippen LogP contribution in [0.2, 0.25) is 0 Å². The normalized spacial score (nSPS) is 10.0. The van der Waals surface area contributed by atoms with Gasteiger partial charge in [-0.25, -0.2) is 0 Å². The Balaban J connectivity index is 1.99. The van der Waals surface area contributed by atoms with E-state index in [-0.39, 0.29) is 0 Å². The first kappa shape index (κ1) is 14.1. The molecule has 3 rings (SSSR count). The van der Waals surface area contributed by atoms with Crippen LogP contribution in [0.15, 0.2) is 54.7 Å². The number of unbranched alkanes of at least 4 members (excludes halogenated alkanes) is 1. The van der Waals surface area contributed by atoms with Gasteiger partial charge in [0.2, 0.25) is 0 Å². The molecule has 0 amide bonds. The summed E-state index contributed by atoms with van der Waals surface area (Å²) in [5.74, 6) is 9.06. The lowest BCUT2D eigenvalue weighted by atomic mass is 10.1. The highest BCUT2D eigenvalue weighted by atomic mass is 15.0. The van der Waals surface area contributed by atoms with Crippen LogP contribution in [0.5, 0.6) is 0 Å². The summed E-state index contributed by atoms with van der Waals surface area (Å²) in [6, 6.07) is 16.5. The lowest BCUT2D eigenvalue weighted by Crippen LogP contribution is -1.91. The largest absolute Gasteiger partial charge is 0.317 e. The minimum absolute atomic E-state index is 0.897. The Morgan fingerprint density at radius 1 is 1.00 bits per heavy atom. The second-order valence-corrected chi connectivity index (χ2v) is 5.20. The van der Waals surface area contributed by atoms with E-state index in [0.29, 0.717) is 0 Å². The Morgan fingerprint density at radius 3 is 2.50 bits per heavy atom. The highest BCUT2D eigenvalue weighted by molar-refractivity contribution is 5.83. The van der Waals surface area contributed by atoms with E-state index in [1.54, 1.807) is 0 Å². The molecule has 0 N–H and O–H groups in total. The highest BCUT2D eigenvalue weighted by Gasteiger charge is 2.03. The van der Waals surface area contributed by atoms with Crippen molar-refractivity contribution in [2.75, 3.05) is 0 Å². The van der Waals surface area contributed by atoms with Gasteiger partial charge in [-0.2, -0.15) is 0 Å². The Hall–Kier alpha value is -2.90. The average molecular weight is 283 g/mol. The van der Waals surface area contributed by atoms with Crippen LogP contribution in [-0.2, 0) is 0 Å². The third-order valence-corrected chi connectivity index (χ3v) is 3.61. The molecule has 0 bridgehead atoms. The lowest BCUT2D eigenvalue weighted by Gasteiger charge is -2.05. The molecular formula is C21H17N. The van der Waals surface area contributed by atoms with Crippen LogP contribution in [0.4, 0.5) is 0 Å². The van der Waals surface area contributed by atoms with Gasteiger partial charge in [-0.1, -0.05) is 24.7 Å². The van der Waals surface area contributed by atoms with Crippen molar-refractivity contribution in [3.8, 4) is 29.9 Å². The standard InChI is InChI=1S/C21H17N/c1-3-5-6-7-18-10-13-21-19(16-18)14-15-22(21)20-11-8-17(4-2)9-12-20/h2,8-16H,3,5H2,1H3. The van der Waals surface area contributed by atoms with E-state index in [9.17, 15) is 0 Å². The third kappa shape index (κ3) is 2.76. The van der Waals surface area contributed by atoms with Crippen LogP contribution in [0.1, 0.15) is 30.9 Å². The minimum Gasteiger partial charge on any atom is -0.317 e. The molecule has 2 aromatic carbocycles. The van der Waals surface area contributed by atoms with E-state index in [2.05, 4.69) is 59.7 Å². The zero-order chi connectivity index (χ0) is 15.4. The molecule has 22 heavy (non-hydrogen) atoms. The van der Waals surface area contributed by atoms with Gasteiger partial charge in [-0.15, -0.1) is 6.42 Å². The van der Waals surface area contributed by atoms with Crippen molar-refractivity contribution in [1.82, 2.24) is 4.57 Å². The number of nitrogens with zero attached hydrogens (tertiary/aromatic N) is 1. The molecule has 0 aliphatic rings. The van der Waals surface area contributed by atoms with Gasteiger partial charge in [0, 0.05) is 34.8 Å². The third-order valence-electron chi connectivity index (χ3n) is 3.61. The summed E-state index contributed by atoms with van der Waals surface area (Å²) < 4.78 is 2.17. The predicted octanol–water partition coefficient (Wildman–Crippen LogP) is 4.76. The van der Waals surface area contributed by atoms with Gasteiger partial charge >= 0.3 is 0 Å². The maximum Gasteiger partial charge on any atom is 0.0529 e. The quantitative estimate of drug-likeness (QED) is 0.597. The van der Waals surface area contributed by atoms with Gasteiger partial charge in [-0.05, 0) is 55.0 Å². The fourth-order valence-corrected chi connectivity index (χ4v) is 2.45. The number of hydrogen-bond acceptors (Lipinski definition) is 0. The van der Waals surface area contributed by atoms with Crippen molar-refractivity contribution in [2.24, 2.45) is 0 Å². The smallest absolute Gasteiger partial charge is 0.0529 e. The second kappa shape index (κ2) is 6.25. The summed E-state index contributed by atoms with van der Waals surface area (Å²) in [7, 11) is 0. The molecule has 1 nitrogen and oxygen atoms in total. The molecule has 0 unspecified atom stereocenters. The zero-order valence-corrected chi connectivity index (χ0v) is 12.6. The second-order valence-electron chi connectivity index (χ2n) is 5.20. The van der Waals surface area contributed by atoms with Crippen LogP contribution >= 0.6 is 0 Å². The maximum atomic E-state index is 5.41. The first-order valence-electron chi connectivity index (χ1n) is 7.49. The van der Waals surface area contributed by atoms with Gasteiger partial charge in [0.05, 0.1) is 5.52 Å². The SMILES string of the molecule is C#Cc1ccc(-n2ccc3cc(C#CCCC)ccc32)cc1. The molecule has 0 aliphatic heterocycles. The molecule has 106 valence electrons. The van der Waals surface area contributed by atoms with E-state index in [1.165, 1.54) is 10.9 Å². The minimum atomic E-state index is 0.897. The molecule has 0 atom stereocenters. The summed E-state index contributed by atoms with van der Waals surface area (Å²) in [5.41, 5.74) is 4.25. The summed E-state index contributed by atoms with van der Waals surface area (Å²) >= 11 is 0. The van der Waals surface area contributed by atoms with E-state index >= 15 is 0 Å². The van der Waals surface area contributed by atoms with Crippen LogP contribution in [0.3, 0.4) is 0 Å². The molecule has 0 spiro atoms. The molecule has 1 aromatic heterocycles. The van der Waals surface area contributed by atoms with Crippen LogP contribution in [0.25, 0.3) is 16.6 Å². The van der Waals surface area contributed by atoms with Gasteiger partial charge < -0.3 is 4.57 Å². The first-order chi connectivity index (χ1) is 10.8. The van der Waals surface area contributed by atoms with Crippen molar-refractivity contribution >= 4 is 10.9 Å². The molecule has 0 aliphatic carbocycles. The number of hydrogen-bond donors (Lipinski definition) is 0. The summed E-state index contributed by atoms with van der Waals surface area (Å²) in [5, 5.41) is 1.20. The molecule has 1 heterocycles. The molecule has 1 heteroatoms. The Morgan fingerprint density at radius 2 is 1.77 bits per heavy atom. The summed E-state index contributed by atoms with van der Waals surface area (Å²) in [6.45, 7) is 2.14. The van der Waals surface area contributed by atoms with E-state index in [1.807, 2.05) is 24.3 Å². The van der Waals surface area contributed by atoms with Crippen molar-refractivity contribution in [3.63, 3.8) is 0 Å². The average Bonchev–Trinajstić information content (AvgIpc) is 2.98. The Bertz CT molecular complexity index is 893. The number of benzene rings is 2. The van der Waals surface area contributed by atoms with E-state index in [4.69, 9.17) is 6.42 Å². The van der Waals surface area contributed by atoms with Crippen LogP contribution in [0, 0.1) is 24.2 Å². The molecular weight excluding hydrogens is 266 g/mol. The Labute approximate surface area is 131 Å². The van der Waals surface area contributed by atoms with Crippen molar-refractivity contribution in [3.05, 3.63) is 65.9 Å². The first-order valence-corrected chi connectivity index (χ1v) is 7.49. The van der Waals surface area contributed by atoms with E-state index in [0.717, 1.165) is 29.7 Å². The van der Waals surface area contributed by atoms with Crippen molar-refractivity contribution in [2.45, 2.75) is 19.8 Å². The summed E-state index contributed by atoms with van der Waals surface area (Å²) in [6.07, 6.45) is 9.53. The number of fused-ring (bicyclic) bond motifs is 1. The van der Waals surface area contributed by atoms with Gasteiger partial charge in [0.15, 0.2) is 0 Å². The molecule has 0 radical (unpaired) electrons. The summed E-state index contributed by atoms with van der Waals surface area (Å²) in [4.78, 5) is 0. The maximum absolute atomic E-state index is 5.41.